The van der Waals surface area contributed by atoms with Crippen LogP contribution in [0.3, 0.4) is 0 Å². The van der Waals surface area contributed by atoms with Crippen LogP contribution in [0.4, 0.5) is 26.6 Å². The van der Waals surface area contributed by atoms with Gasteiger partial charge in [0.15, 0.2) is 5.13 Å². The Morgan fingerprint density at radius 3 is 2.65 bits per heavy atom. The molecule has 0 fully saturated rings. The summed E-state index contributed by atoms with van der Waals surface area (Å²) in [6.45, 7) is 0. The van der Waals surface area contributed by atoms with Crippen LogP contribution < -0.4 is 15.8 Å². The fourth-order valence-corrected chi connectivity index (χ4v) is 4.67. The number of methoxy groups -OCH3 is 1. The lowest BCUT2D eigenvalue weighted by molar-refractivity contribution is 0.0592. The van der Waals surface area contributed by atoms with Crippen LogP contribution in [-0.4, -0.2) is 35.1 Å². The molecule has 37 heavy (non-hydrogen) atoms. The molecule has 0 aliphatic carbocycles. The van der Waals surface area contributed by atoms with Gasteiger partial charge in [-0.15, -0.1) is 11.3 Å². The number of esters is 1. The molecule has 2 N–H and O–H groups in total. The van der Waals surface area contributed by atoms with Crippen molar-refractivity contribution in [3.8, 4) is 11.3 Å². The van der Waals surface area contributed by atoms with Crippen molar-refractivity contribution < 1.29 is 13.9 Å². The number of benzene rings is 3. The Bertz CT molecular complexity index is 1690. The highest BCUT2D eigenvalue weighted by molar-refractivity contribution is 7.14. The molecule has 0 aliphatic heterocycles. The smallest absolute Gasteiger partial charge is 0.362 e. The number of rotatable bonds is 6. The summed E-state index contributed by atoms with van der Waals surface area (Å²) in [4.78, 5) is 38.0. The highest BCUT2D eigenvalue weighted by Gasteiger charge is 2.18. The number of thiazole rings is 1. The summed E-state index contributed by atoms with van der Waals surface area (Å²) in [6.07, 6.45) is 0. The minimum Gasteiger partial charge on any atom is -0.464 e. The molecule has 2 heterocycles. The molecule has 0 bridgehead atoms. The standard InChI is InChI=1S/C26H19ClFN5O3S/c1-33(15-6-4-3-5-7-15)22-12-19-18(30-24(34)23(29-19)25(35)36-2)11-20(22)31-26-32-21(13-37-26)14-8-9-17(28)16(27)10-14/h3-13H,1-2H3,(H,30,34)(H,31,32). The first-order chi connectivity index (χ1) is 17.8. The van der Waals surface area contributed by atoms with E-state index in [1.807, 2.05) is 47.7 Å². The first kappa shape index (κ1) is 24.4. The number of anilines is 4. The summed E-state index contributed by atoms with van der Waals surface area (Å²) in [5.41, 5.74) is 3.42. The molecule has 186 valence electrons. The second-order valence-electron chi connectivity index (χ2n) is 7.98. The summed E-state index contributed by atoms with van der Waals surface area (Å²) in [6, 6.07) is 17.6. The zero-order valence-corrected chi connectivity index (χ0v) is 21.2. The van der Waals surface area contributed by atoms with E-state index in [2.05, 4.69) is 25.0 Å². The van der Waals surface area contributed by atoms with Crippen molar-refractivity contribution in [2.75, 3.05) is 24.4 Å². The molecule has 0 unspecified atom stereocenters. The fourth-order valence-electron chi connectivity index (χ4n) is 3.76. The number of aromatic nitrogens is 3. The Labute approximate surface area is 219 Å². The fraction of sp³-hybridized carbons (Fsp3) is 0.0769. The van der Waals surface area contributed by atoms with Gasteiger partial charge in [-0.3, -0.25) is 4.79 Å². The third kappa shape index (κ3) is 4.89. The quantitative estimate of drug-likeness (QED) is 0.252. The molecule has 0 aliphatic rings. The van der Waals surface area contributed by atoms with Crippen LogP contribution in [0.25, 0.3) is 22.3 Å². The van der Waals surface area contributed by atoms with Crippen LogP contribution in [0.5, 0.6) is 0 Å². The molecule has 8 nitrogen and oxygen atoms in total. The van der Waals surface area contributed by atoms with Crippen LogP contribution in [0.15, 0.2) is 70.8 Å². The van der Waals surface area contributed by atoms with Gasteiger partial charge in [-0.25, -0.2) is 19.2 Å². The Hall–Kier alpha value is -4.28. The van der Waals surface area contributed by atoms with Gasteiger partial charge in [0.25, 0.3) is 5.56 Å². The van der Waals surface area contributed by atoms with Crippen molar-refractivity contribution in [2.45, 2.75) is 0 Å². The summed E-state index contributed by atoms with van der Waals surface area (Å²) < 4.78 is 18.3. The van der Waals surface area contributed by atoms with E-state index in [9.17, 15) is 14.0 Å². The van der Waals surface area contributed by atoms with E-state index in [0.29, 0.717) is 33.1 Å². The molecule has 11 heteroatoms. The minimum absolute atomic E-state index is 0.0177. The van der Waals surface area contributed by atoms with Gasteiger partial charge >= 0.3 is 5.97 Å². The van der Waals surface area contributed by atoms with Crippen molar-refractivity contribution in [2.24, 2.45) is 0 Å². The lowest BCUT2D eigenvalue weighted by Crippen LogP contribution is -2.21. The number of halogens is 2. The average Bonchev–Trinajstić information content (AvgIpc) is 3.37. The van der Waals surface area contributed by atoms with E-state index in [0.717, 1.165) is 11.4 Å². The number of carbonyl (C=O) groups excluding carboxylic acids is 1. The number of ether oxygens (including phenoxy) is 1. The van der Waals surface area contributed by atoms with Gasteiger partial charge in [-0.05, 0) is 42.5 Å². The number of aromatic amines is 1. The van der Waals surface area contributed by atoms with Crippen LogP contribution in [0, 0.1) is 5.82 Å². The summed E-state index contributed by atoms with van der Waals surface area (Å²) in [5, 5.41) is 5.74. The highest BCUT2D eigenvalue weighted by atomic mass is 35.5. The van der Waals surface area contributed by atoms with Crippen LogP contribution in [0.2, 0.25) is 5.02 Å². The zero-order valence-electron chi connectivity index (χ0n) is 19.6. The van der Waals surface area contributed by atoms with E-state index in [4.69, 9.17) is 11.6 Å². The van der Waals surface area contributed by atoms with Crippen molar-refractivity contribution in [1.29, 1.82) is 0 Å². The van der Waals surface area contributed by atoms with E-state index >= 15 is 0 Å². The monoisotopic (exact) mass is 535 g/mol. The molecule has 0 amide bonds. The number of hydrogen-bond donors (Lipinski definition) is 2. The first-order valence-electron chi connectivity index (χ1n) is 11.0. The van der Waals surface area contributed by atoms with E-state index in [1.165, 1.54) is 30.6 Å². The SMILES string of the molecule is COC(=O)c1nc2cc(N(C)c3ccccc3)c(Nc3nc(-c4ccc(F)c(Cl)c4)cs3)cc2[nH]c1=O. The summed E-state index contributed by atoms with van der Waals surface area (Å²) in [7, 11) is 3.08. The molecule has 0 saturated heterocycles. The number of hydrogen-bond acceptors (Lipinski definition) is 8. The maximum atomic E-state index is 13.6. The molecule has 0 atom stereocenters. The molecule has 3 aromatic carbocycles. The van der Waals surface area contributed by atoms with Crippen molar-refractivity contribution in [1.82, 2.24) is 15.0 Å². The lowest BCUT2D eigenvalue weighted by atomic mass is 10.2. The number of nitrogens with zero attached hydrogens (tertiary/aromatic N) is 3. The number of fused-ring (bicyclic) bond motifs is 1. The van der Waals surface area contributed by atoms with E-state index in [-0.39, 0.29) is 10.7 Å². The predicted molar refractivity (Wildman–Crippen MR) is 144 cm³/mol. The molecule has 0 saturated carbocycles. The van der Waals surface area contributed by atoms with E-state index in [1.54, 1.807) is 18.2 Å². The van der Waals surface area contributed by atoms with Gasteiger partial charge in [-0.2, -0.15) is 0 Å². The molecule has 0 spiro atoms. The Morgan fingerprint density at radius 1 is 1.14 bits per heavy atom. The predicted octanol–water partition coefficient (Wildman–Crippen LogP) is 6.14. The Balaban J connectivity index is 1.59. The van der Waals surface area contributed by atoms with Crippen molar-refractivity contribution >= 4 is 62.1 Å². The van der Waals surface area contributed by atoms with Gasteiger partial charge in [0.1, 0.15) is 5.82 Å². The van der Waals surface area contributed by atoms with Crippen molar-refractivity contribution in [3.05, 3.63) is 92.9 Å². The molecular weight excluding hydrogens is 517 g/mol. The van der Waals surface area contributed by atoms with Gasteiger partial charge in [0.05, 0.1) is 40.2 Å². The topological polar surface area (TPSA) is 100 Å². The highest BCUT2D eigenvalue weighted by Crippen LogP contribution is 2.37. The number of nitrogens with one attached hydrogen (secondary N) is 2. The summed E-state index contributed by atoms with van der Waals surface area (Å²) in [5.74, 6) is -1.32. The van der Waals surface area contributed by atoms with Crippen LogP contribution >= 0.6 is 22.9 Å². The third-order valence-electron chi connectivity index (χ3n) is 5.65. The summed E-state index contributed by atoms with van der Waals surface area (Å²) >= 11 is 7.29. The molecular formula is C26H19ClFN5O3S. The van der Waals surface area contributed by atoms with Crippen LogP contribution in [-0.2, 0) is 4.74 Å². The maximum absolute atomic E-state index is 13.6. The minimum atomic E-state index is -0.820. The van der Waals surface area contributed by atoms with Gasteiger partial charge in [-0.1, -0.05) is 29.8 Å². The second-order valence-corrected chi connectivity index (χ2v) is 9.24. The van der Waals surface area contributed by atoms with Gasteiger partial charge in [0, 0.05) is 23.7 Å². The van der Waals surface area contributed by atoms with Gasteiger partial charge in [0.2, 0.25) is 5.69 Å². The lowest BCUT2D eigenvalue weighted by Gasteiger charge is -2.23. The molecule has 2 aromatic heterocycles. The third-order valence-corrected chi connectivity index (χ3v) is 6.70. The number of H-pyrrole nitrogens is 1. The zero-order chi connectivity index (χ0) is 26.1. The largest absolute Gasteiger partial charge is 0.464 e. The number of para-hydroxylation sites is 1. The Kier molecular flexibility index (Phi) is 6.60. The van der Waals surface area contributed by atoms with E-state index < -0.39 is 17.3 Å². The number of carbonyl (C=O) groups is 1. The Morgan fingerprint density at radius 2 is 1.92 bits per heavy atom. The molecule has 5 rings (SSSR count). The molecule has 5 aromatic rings. The van der Waals surface area contributed by atoms with Crippen molar-refractivity contribution in [3.63, 3.8) is 0 Å². The maximum Gasteiger partial charge on any atom is 0.362 e. The van der Waals surface area contributed by atoms with Gasteiger partial charge < -0.3 is 19.9 Å². The molecule has 0 radical (unpaired) electrons. The second kappa shape index (κ2) is 10.00. The average molecular weight is 536 g/mol. The normalized spacial score (nSPS) is 10.9. The van der Waals surface area contributed by atoms with Crippen LogP contribution in [0.1, 0.15) is 10.5 Å². The first-order valence-corrected chi connectivity index (χ1v) is 12.2.